The van der Waals surface area contributed by atoms with Gasteiger partial charge in [0.05, 0.1) is 19.3 Å². The highest BCUT2D eigenvalue weighted by Gasteiger charge is 2.60. The number of fused-ring (bicyclic) bond motifs is 1. The van der Waals surface area contributed by atoms with E-state index in [0.29, 0.717) is 12.3 Å². The average molecular weight is 450 g/mol. The van der Waals surface area contributed by atoms with Crippen molar-refractivity contribution in [2.45, 2.75) is 77.7 Å². The van der Waals surface area contributed by atoms with Crippen molar-refractivity contribution in [1.29, 1.82) is 0 Å². The highest BCUT2D eigenvalue weighted by Crippen LogP contribution is 2.48. The lowest BCUT2D eigenvalue weighted by atomic mass is 9.63. The molecule has 0 aromatic carbocycles. The Bertz CT molecular complexity index is 785. The normalized spacial score (nSPS) is 32.5. The van der Waals surface area contributed by atoms with E-state index in [-0.39, 0.29) is 30.2 Å². The third-order valence-corrected chi connectivity index (χ3v) is 6.88. The topological polar surface area (TPSA) is 116 Å². The summed E-state index contributed by atoms with van der Waals surface area (Å²) in [5.74, 6) is -1.09. The molecule has 0 bridgehead atoms. The minimum absolute atomic E-state index is 0.0686. The number of carbonyl (C=O) groups excluding carboxylic acids is 2. The quantitative estimate of drug-likeness (QED) is 0.244. The number of allylic oxidation sites excluding steroid dienone is 2. The number of amides is 1. The summed E-state index contributed by atoms with van der Waals surface area (Å²) in [6.45, 7) is 10.2. The van der Waals surface area contributed by atoms with Crippen LogP contribution in [0.3, 0.4) is 0 Å². The van der Waals surface area contributed by atoms with Gasteiger partial charge < -0.3 is 25.4 Å². The van der Waals surface area contributed by atoms with Crippen LogP contribution in [0, 0.1) is 23.7 Å². The van der Waals surface area contributed by atoms with Crippen LogP contribution < -0.4 is 5.32 Å². The maximum Gasteiger partial charge on any atom is 0.330 e. The number of methoxy groups -OCH3 is 1. The van der Waals surface area contributed by atoms with E-state index < -0.39 is 29.7 Å². The molecule has 1 saturated heterocycles. The summed E-state index contributed by atoms with van der Waals surface area (Å²) >= 11 is 0. The van der Waals surface area contributed by atoms with Crippen LogP contribution in [0.2, 0.25) is 0 Å². The SMILES string of the molecule is COC(=O)/C=C/C(O)C(O)CC/C(C)=C/C1C=C(C)C(C)C2C(CC(C)C)NC(=O)C12O. The first-order chi connectivity index (χ1) is 14.9. The van der Waals surface area contributed by atoms with Gasteiger partial charge >= 0.3 is 5.97 Å². The summed E-state index contributed by atoms with van der Waals surface area (Å²) in [5.41, 5.74) is 0.563. The third-order valence-electron chi connectivity index (χ3n) is 6.88. The molecule has 0 spiro atoms. The highest BCUT2D eigenvalue weighted by atomic mass is 16.5. The number of aliphatic hydroxyl groups excluding tert-OH is 2. The second-order valence-electron chi connectivity index (χ2n) is 9.78. The van der Waals surface area contributed by atoms with Gasteiger partial charge in [0.2, 0.25) is 0 Å². The van der Waals surface area contributed by atoms with Gasteiger partial charge in [0, 0.05) is 24.0 Å². The molecule has 7 nitrogen and oxygen atoms in total. The largest absolute Gasteiger partial charge is 0.466 e. The van der Waals surface area contributed by atoms with Crippen LogP contribution >= 0.6 is 0 Å². The zero-order chi connectivity index (χ0) is 24.2. The van der Waals surface area contributed by atoms with Crippen molar-refractivity contribution in [2.24, 2.45) is 23.7 Å². The van der Waals surface area contributed by atoms with Gasteiger partial charge in [-0.15, -0.1) is 0 Å². The van der Waals surface area contributed by atoms with Gasteiger partial charge in [-0.2, -0.15) is 0 Å². The minimum atomic E-state index is -1.50. The number of nitrogens with one attached hydrogen (secondary N) is 1. The van der Waals surface area contributed by atoms with Crippen molar-refractivity contribution in [3.8, 4) is 0 Å². The smallest absolute Gasteiger partial charge is 0.330 e. The summed E-state index contributed by atoms with van der Waals surface area (Å²) in [6, 6.07) is -0.0686. The van der Waals surface area contributed by atoms with Crippen LogP contribution in [-0.2, 0) is 14.3 Å². The maximum atomic E-state index is 12.9. The predicted molar refractivity (Wildman–Crippen MR) is 122 cm³/mol. The van der Waals surface area contributed by atoms with E-state index in [1.54, 1.807) is 0 Å². The molecule has 7 atom stereocenters. The standard InChI is InChI=1S/C25H39NO6/c1-14(2)11-19-23-17(5)16(4)13-18(25(23,31)24(30)26-19)12-15(3)7-8-20(27)21(28)9-10-22(29)32-6/h9-10,12-14,17-21,23,27-28,31H,7-8,11H2,1-6H3,(H,26,30)/b10-9+,15-12+. The fourth-order valence-corrected chi connectivity index (χ4v) is 4.98. The number of aliphatic hydroxyl groups is 3. The fraction of sp³-hybridized carbons (Fsp3) is 0.680. The Morgan fingerprint density at radius 2 is 2.00 bits per heavy atom. The predicted octanol–water partition coefficient (Wildman–Crippen LogP) is 2.27. The Balaban J connectivity index is 2.15. The minimum Gasteiger partial charge on any atom is -0.466 e. The average Bonchev–Trinajstić information content (AvgIpc) is 2.98. The zero-order valence-corrected chi connectivity index (χ0v) is 20.0. The molecule has 7 unspecified atom stereocenters. The summed E-state index contributed by atoms with van der Waals surface area (Å²) in [5, 5.41) is 34.9. The van der Waals surface area contributed by atoms with Crippen LogP contribution in [0.15, 0.2) is 35.5 Å². The van der Waals surface area contributed by atoms with Gasteiger partial charge in [-0.05, 0) is 51.0 Å². The molecule has 0 radical (unpaired) electrons. The van der Waals surface area contributed by atoms with Crippen molar-refractivity contribution in [2.75, 3.05) is 7.11 Å². The molecule has 0 aromatic rings. The van der Waals surface area contributed by atoms with Crippen LogP contribution in [-0.4, -0.2) is 58.2 Å². The van der Waals surface area contributed by atoms with Crippen molar-refractivity contribution < 1.29 is 29.6 Å². The number of rotatable bonds is 9. The Hall–Kier alpha value is -1.96. The van der Waals surface area contributed by atoms with E-state index in [9.17, 15) is 24.9 Å². The maximum absolute atomic E-state index is 12.9. The van der Waals surface area contributed by atoms with Gasteiger partial charge in [-0.25, -0.2) is 4.79 Å². The van der Waals surface area contributed by atoms with E-state index >= 15 is 0 Å². The van der Waals surface area contributed by atoms with E-state index in [4.69, 9.17) is 0 Å². The molecule has 1 aliphatic heterocycles. The molecule has 180 valence electrons. The molecular weight excluding hydrogens is 410 g/mol. The molecule has 0 saturated carbocycles. The van der Waals surface area contributed by atoms with Gasteiger partial charge in [0.1, 0.15) is 0 Å². The van der Waals surface area contributed by atoms with Gasteiger partial charge in [-0.3, -0.25) is 4.79 Å². The van der Waals surface area contributed by atoms with Crippen LogP contribution in [0.1, 0.15) is 53.9 Å². The summed E-state index contributed by atoms with van der Waals surface area (Å²) in [6.07, 6.45) is 5.48. The lowest BCUT2D eigenvalue weighted by Crippen LogP contribution is -2.53. The van der Waals surface area contributed by atoms with E-state index in [1.165, 1.54) is 13.2 Å². The first kappa shape index (κ1) is 26.3. The number of carbonyl (C=O) groups is 2. The van der Waals surface area contributed by atoms with Crippen LogP contribution in [0.5, 0.6) is 0 Å². The lowest BCUT2D eigenvalue weighted by Gasteiger charge is -2.42. The van der Waals surface area contributed by atoms with E-state index in [2.05, 4.69) is 30.8 Å². The van der Waals surface area contributed by atoms with Crippen molar-refractivity contribution in [3.05, 3.63) is 35.5 Å². The second kappa shape index (κ2) is 10.8. The zero-order valence-electron chi connectivity index (χ0n) is 20.0. The first-order valence-electron chi connectivity index (χ1n) is 11.4. The summed E-state index contributed by atoms with van der Waals surface area (Å²) < 4.78 is 4.47. The van der Waals surface area contributed by atoms with Crippen molar-refractivity contribution in [1.82, 2.24) is 5.32 Å². The molecular formula is C25H39NO6. The Morgan fingerprint density at radius 3 is 2.59 bits per heavy atom. The summed E-state index contributed by atoms with van der Waals surface area (Å²) in [7, 11) is 1.24. The molecule has 0 aromatic heterocycles. The number of hydrogen-bond donors (Lipinski definition) is 4. The second-order valence-corrected chi connectivity index (χ2v) is 9.78. The monoisotopic (exact) mass is 449 g/mol. The Labute approximate surface area is 191 Å². The molecule has 2 aliphatic rings. The van der Waals surface area contributed by atoms with Crippen molar-refractivity contribution in [3.63, 3.8) is 0 Å². The molecule has 1 fully saturated rings. The highest BCUT2D eigenvalue weighted by molar-refractivity contribution is 5.90. The molecule has 7 heteroatoms. The molecule has 1 aliphatic carbocycles. The molecule has 4 N–H and O–H groups in total. The van der Waals surface area contributed by atoms with Gasteiger partial charge in [0.15, 0.2) is 5.60 Å². The number of ether oxygens (including phenoxy) is 1. The Morgan fingerprint density at radius 1 is 1.34 bits per heavy atom. The number of hydrogen-bond acceptors (Lipinski definition) is 6. The fourth-order valence-electron chi connectivity index (χ4n) is 4.98. The van der Waals surface area contributed by atoms with E-state index in [0.717, 1.165) is 23.6 Å². The molecule has 1 heterocycles. The molecule has 32 heavy (non-hydrogen) atoms. The Kier molecular flexibility index (Phi) is 8.85. The first-order valence-corrected chi connectivity index (χ1v) is 11.4. The molecule has 2 rings (SSSR count). The third kappa shape index (κ3) is 5.69. The van der Waals surface area contributed by atoms with Gasteiger partial charge in [0.25, 0.3) is 5.91 Å². The van der Waals surface area contributed by atoms with Gasteiger partial charge in [-0.1, -0.05) is 44.1 Å². The van der Waals surface area contributed by atoms with Crippen molar-refractivity contribution >= 4 is 11.9 Å². The number of esters is 1. The van der Waals surface area contributed by atoms with E-state index in [1.807, 2.05) is 26.0 Å². The lowest BCUT2D eigenvalue weighted by molar-refractivity contribution is -0.143. The van der Waals surface area contributed by atoms with Crippen LogP contribution in [0.4, 0.5) is 0 Å². The molecule has 1 amide bonds. The van der Waals surface area contributed by atoms with Crippen LogP contribution in [0.25, 0.3) is 0 Å². The summed E-state index contributed by atoms with van der Waals surface area (Å²) in [4.78, 5) is 24.1.